The first kappa shape index (κ1) is 9.09. The van der Waals surface area contributed by atoms with Gasteiger partial charge in [-0.2, -0.15) is 0 Å². The zero-order valence-corrected chi connectivity index (χ0v) is 6.92. The minimum atomic E-state index is -0.317. The van der Waals surface area contributed by atoms with Gasteiger partial charge in [-0.25, -0.2) is 4.39 Å². The number of pyridine rings is 1. The Kier molecular flexibility index (Phi) is 2.73. The SMILES string of the molecule is Cc1nc(C(N)CN)ccc1F. The van der Waals surface area contributed by atoms with Crippen LogP contribution in [0.15, 0.2) is 12.1 Å². The maximum absolute atomic E-state index is 12.7. The molecule has 12 heavy (non-hydrogen) atoms. The van der Waals surface area contributed by atoms with Crippen LogP contribution in [0.2, 0.25) is 0 Å². The quantitative estimate of drug-likeness (QED) is 0.677. The molecule has 1 aromatic heterocycles. The van der Waals surface area contributed by atoms with Crippen molar-refractivity contribution in [2.45, 2.75) is 13.0 Å². The minimum Gasteiger partial charge on any atom is -0.329 e. The van der Waals surface area contributed by atoms with Gasteiger partial charge in [0.2, 0.25) is 0 Å². The lowest BCUT2D eigenvalue weighted by molar-refractivity contribution is 0.601. The third-order valence-corrected chi connectivity index (χ3v) is 1.68. The zero-order valence-electron chi connectivity index (χ0n) is 6.92. The molecule has 0 saturated heterocycles. The lowest BCUT2D eigenvalue weighted by Crippen LogP contribution is -2.22. The van der Waals surface area contributed by atoms with Crippen LogP contribution in [-0.4, -0.2) is 11.5 Å². The van der Waals surface area contributed by atoms with E-state index in [0.717, 1.165) is 0 Å². The summed E-state index contributed by atoms with van der Waals surface area (Å²) in [4.78, 5) is 3.96. The highest BCUT2D eigenvalue weighted by Crippen LogP contribution is 2.09. The molecule has 0 saturated carbocycles. The Balaban J connectivity index is 2.96. The summed E-state index contributed by atoms with van der Waals surface area (Å²) < 4.78 is 12.7. The lowest BCUT2D eigenvalue weighted by Gasteiger charge is -2.08. The average molecular weight is 169 g/mol. The van der Waals surface area contributed by atoms with Gasteiger partial charge in [0.1, 0.15) is 5.82 Å². The second-order valence-electron chi connectivity index (χ2n) is 2.65. The van der Waals surface area contributed by atoms with Crippen LogP contribution in [0.25, 0.3) is 0 Å². The number of halogens is 1. The average Bonchev–Trinajstić information content (AvgIpc) is 2.08. The Labute approximate surface area is 70.6 Å². The van der Waals surface area contributed by atoms with E-state index in [0.29, 0.717) is 17.9 Å². The fraction of sp³-hybridized carbons (Fsp3) is 0.375. The van der Waals surface area contributed by atoms with Crippen molar-refractivity contribution in [3.8, 4) is 0 Å². The van der Waals surface area contributed by atoms with Crippen LogP contribution in [0.4, 0.5) is 4.39 Å². The Morgan fingerprint density at radius 3 is 2.75 bits per heavy atom. The van der Waals surface area contributed by atoms with Gasteiger partial charge in [-0.15, -0.1) is 0 Å². The van der Waals surface area contributed by atoms with Crippen LogP contribution >= 0.6 is 0 Å². The fourth-order valence-corrected chi connectivity index (χ4v) is 0.891. The summed E-state index contributed by atoms with van der Waals surface area (Å²) in [5.41, 5.74) is 11.9. The minimum absolute atomic E-state index is 0.302. The van der Waals surface area contributed by atoms with Gasteiger partial charge in [-0.3, -0.25) is 4.98 Å². The largest absolute Gasteiger partial charge is 0.329 e. The van der Waals surface area contributed by atoms with Gasteiger partial charge in [0, 0.05) is 6.54 Å². The molecule has 0 amide bonds. The Hall–Kier alpha value is -1.00. The van der Waals surface area contributed by atoms with Gasteiger partial charge in [0.05, 0.1) is 17.4 Å². The lowest BCUT2D eigenvalue weighted by atomic mass is 10.2. The van der Waals surface area contributed by atoms with Crippen molar-refractivity contribution in [1.29, 1.82) is 0 Å². The summed E-state index contributed by atoms with van der Waals surface area (Å²) in [5.74, 6) is -0.317. The maximum atomic E-state index is 12.7. The molecule has 0 spiro atoms. The van der Waals surface area contributed by atoms with Crippen molar-refractivity contribution >= 4 is 0 Å². The summed E-state index contributed by atoms with van der Waals surface area (Å²) in [6, 6.07) is 2.61. The summed E-state index contributed by atoms with van der Waals surface area (Å²) in [6.45, 7) is 1.92. The molecule has 1 aromatic rings. The summed E-state index contributed by atoms with van der Waals surface area (Å²) in [5, 5.41) is 0. The van der Waals surface area contributed by atoms with Crippen LogP contribution in [-0.2, 0) is 0 Å². The topological polar surface area (TPSA) is 64.9 Å². The molecule has 4 heteroatoms. The van der Waals surface area contributed by atoms with Crippen molar-refractivity contribution in [1.82, 2.24) is 4.98 Å². The molecule has 0 radical (unpaired) electrons. The monoisotopic (exact) mass is 169 g/mol. The van der Waals surface area contributed by atoms with Crippen molar-refractivity contribution in [2.75, 3.05) is 6.54 Å². The normalized spacial score (nSPS) is 13.0. The first-order valence-corrected chi connectivity index (χ1v) is 3.74. The number of hydrogen-bond donors (Lipinski definition) is 2. The molecule has 1 rings (SSSR count). The third kappa shape index (κ3) is 1.78. The van der Waals surface area contributed by atoms with Crippen LogP contribution in [0, 0.1) is 12.7 Å². The molecule has 66 valence electrons. The molecule has 1 atom stereocenters. The molecule has 0 fully saturated rings. The molecule has 0 aliphatic heterocycles. The molecular weight excluding hydrogens is 157 g/mol. The highest BCUT2D eigenvalue weighted by atomic mass is 19.1. The van der Waals surface area contributed by atoms with Gasteiger partial charge in [-0.05, 0) is 19.1 Å². The van der Waals surface area contributed by atoms with E-state index < -0.39 is 0 Å². The molecule has 0 aliphatic rings. The molecule has 0 aliphatic carbocycles. The first-order valence-electron chi connectivity index (χ1n) is 3.74. The first-order chi connectivity index (χ1) is 5.65. The van der Waals surface area contributed by atoms with Crippen molar-refractivity contribution in [2.24, 2.45) is 11.5 Å². The molecule has 4 N–H and O–H groups in total. The van der Waals surface area contributed by atoms with Crippen molar-refractivity contribution in [3.63, 3.8) is 0 Å². The fourth-order valence-electron chi connectivity index (χ4n) is 0.891. The van der Waals surface area contributed by atoms with Gasteiger partial charge < -0.3 is 11.5 Å². The molecule has 0 bridgehead atoms. The van der Waals surface area contributed by atoms with E-state index in [1.165, 1.54) is 6.07 Å². The third-order valence-electron chi connectivity index (χ3n) is 1.68. The van der Waals surface area contributed by atoms with E-state index in [4.69, 9.17) is 11.5 Å². The van der Waals surface area contributed by atoms with E-state index in [2.05, 4.69) is 4.98 Å². The second-order valence-corrected chi connectivity index (χ2v) is 2.65. The molecular formula is C8H12FN3. The van der Waals surface area contributed by atoms with Gasteiger partial charge in [-0.1, -0.05) is 0 Å². The highest BCUT2D eigenvalue weighted by molar-refractivity contribution is 5.15. The maximum Gasteiger partial charge on any atom is 0.144 e. The number of rotatable bonds is 2. The Bertz CT molecular complexity index is 275. The van der Waals surface area contributed by atoms with Crippen LogP contribution in [0.5, 0.6) is 0 Å². The van der Waals surface area contributed by atoms with E-state index in [-0.39, 0.29) is 11.9 Å². The van der Waals surface area contributed by atoms with E-state index in [9.17, 15) is 4.39 Å². The summed E-state index contributed by atoms with van der Waals surface area (Å²) in [7, 11) is 0. The Morgan fingerprint density at radius 1 is 1.58 bits per heavy atom. The zero-order chi connectivity index (χ0) is 9.14. The van der Waals surface area contributed by atoms with Gasteiger partial charge in [0.25, 0.3) is 0 Å². The number of hydrogen-bond acceptors (Lipinski definition) is 3. The summed E-state index contributed by atoms with van der Waals surface area (Å²) >= 11 is 0. The van der Waals surface area contributed by atoms with E-state index >= 15 is 0 Å². The predicted octanol–water partition coefficient (Wildman–Crippen LogP) is 0.488. The second kappa shape index (κ2) is 3.60. The van der Waals surface area contributed by atoms with Gasteiger partial charge in [0.15, 0.2) is 0 Å². The highest BCUT2D eigenvalue weighted by Gasteiger charge is 2.06. The van der Waals surface area contributed by atoms with Gasteiger partial charge >= 0.3 is 0 Å². The molecule has 1 unspecified atom stereocenters. The van der Waals surface area contributed by atoms with E-state index in [1.54, 1.807) is 13.0 Å². The van der Waals surface area contributed by atoms with Crippen molar-refractivity contribution in [3.05, 3.63) is 29.3 Å². The van der Waals surface area contributed by atoms with Crippen molar-refractivity contribution < 1.29 is 4.39 Å². The molecule has 3 nitrogen and oxygen atoms in total. The molecule has 0 aromatic carbocycles. The number of nitrogens with two attached hydrogens (primary N) is 2. The van der Waals surface area contributed by atoms with E-state index in [1.807, 2.05) is 0 Å². The summed E-state index contributed by atoms with van der Waals surface area (Å²) in [6.07, 6.45) is 0. The van der Waals surface area contributed by atoms with Crippen LogP contribution in [0.1, 0.15) is 17.4 Å². The Morgan fingerprint density at radius 2 is 2.25 bits per heavy atom. The smallest absolute Gasteiger partial charge is 0.144 e. The number of aryl methyl sites for hydroxylation is 1. The number of aromatic nitrogens is 1. The molecule has 1 heterocycles. The standard InChI is InChI=1S/C8H12FN3/c1-5-6(9)2-3-8(12-5)7(11)4-10/h2-3,7H,4,10-11H2,1H3. The van der Waals surface area contributed by atoms with Crippen LogP contribution < -0.4 is 11.5 Å². The number of nitrogens with zero attached hydrogens (tertiary/aromatic N) is 1. The predicted molar refractivity (Wildman–Crippen MR) is 44.9 cm³/mol. The van der Waals surface area contributed by atoms with Crippen LogP contribution in [0.3, 0.4) is 0 Å².